The van der Waals surface area contributed by atoms with Crippen LogP contribution in [0.3, 0.4) is 0 Å². The maximum Gasteiger partial charge on any atom is 0.303 e. The lowest BCUT2D eigenvalue weighted by atomic mass is 9.98. The second-order valence-electron chi connectivity index (χ2n) is 5.94. The maximum atomic E-state index is 11.5. The molecule has 0 spiro atoms. The molecule has 0 radical (unpaired) electrons. The van der Waals surface area contributed by atoms with Gasteiger partial charge in [0.1, 0.15) is 12.2 Å². The number of methoxy groups -OCH3 is 2. The first-order chi connectivity index (χ1) is 11.3. The van der Waals surface area contributed by atoms with Crippen molar-refractivity contribution >= 4 is 5.97 Å². The van der Waals surface area contributed by atoms with Crippen LogP contribution >= 0.6 is 0 Å². The predicted octanol–water partition coefficient (Wildman–Crippen LogP) is 0.986. The van der Waals surface area contributed by atoms with Crippen molar-refractivity contribution in [1.82, 2.24) is 0 Å². The van der Waals surface area contributed by atoms with E-state index in [4.69, 9.17) is 33.2 Å². The number of carbonyl (C=O) groups excluding carboxylic acids is 1. The molecule has 0 saturated carbocycles. The fraction of sp³-hybridized carbons (Fsp3) is 0.812. The van der Waals surface area contributed by atoms with Gasteiger partial charge in [-0.3, -0.25) is 4.79 Å². The molecule has 8 heteroatoms. The smallest absolute Gasteiger partial charge is 0.303 e. The van der Waals surface area contributed by atoms with E-state index in [0.29, 0.717) is 0 Å². The van der Waals surface area contributed by atoms with Crippen LogP contribution in [-0.2, 0) is 38.0 Å². The molecule has 2 heterocycles. The Morgan fingerprint density at radius 3 is 2.42 bits per heavy atom. The van der Waals surface area contributed by atoms with Gasteiger partial charge in [-0.25, -0.2) is 0 Å². The Labute approximate surface area is 141 Å². The van der Waals surface area contributed by atoms with Crippen molar-refractivity contribution in [2.24, 2.45) is 0 Å². The summed E-state index contributed by atoms with van der Waals surface area (Å²) < 4.78 is 39.7. The number of esters is 1. The second kappa shape index (κ2) is 7.47. The van der Waals surface area contributed by atoms with Gasteiger partial charge in [-0.05, 0) is 13.8 Å². The molecular weight excluding hydrogens is 320 g/mol. The first kappa shape index (κ1) is 19.3. The topological polar surface area (TPSA) is 81.7 Å². The van der Waals surface area contributed by atoms with Crippen molar-refractivity contribution in [3.05, 3.63) is 12.7 Å². The summed E-state index contributed by atoms with van der Waals surface area (Å²) in [6.45, 7) is 8.77. The molecule has 6 atom stereocenters. The zero-order valence-electron chi connectivity index (χ0n) is 14.8. The molecule has 8 nitrogen and oxygen atoms in total. The minimum Gasteiger partial charge on any atom is -0.454 e. The van der Waals surface area contributed by atoms with Gasteiger partial charge < -0.3 is 33.2 Å². The molecule has 138 valence electrons. The Morgan fingerprint density at radius 1 is 1.25 bits per heavy atom. The molecule has 2 rings (SSSR count). The van der Waals surface area contributed by atoms with E-state index < -0.39 is 42.1 Å². The summed E-state index contributed by atoms with van der Waals surface area (Å²) in [6, 6.07) is 0. The maximum absolute atomic E-state index is 11.5. The van der Waals surface area contributed by atoms with Crippen LogP contribution in [0.2, 0.25) is 0 Å². The first-order valence-corrected chi connectivity index (χ1v) is 7.77. The average molecular weight is 346 g/mol. The summed E-state index contributed by atoms with van der Waals surface area (Å²) in [5.41, 5.74) is 0. The van der Waals surface area contributed by atoms with Gasteiger partial charge in [-0.15, -0.1) is 6.58 Å². The van der Waals surface area contributed by atoms with Crippen LogP contribution in [0, 0.1) is 0 Å². The number of hydrogen-bond donors (Lipinski definition) is 0. The standard InChI is InChI=1S/C16H26O8/c1-7-8-20-14-13(22-10(2)17)12-11(9-21-14)23-15(3,18-5)16(4,19-6)24-12/h7,11-14H,1,8-9H2,2-6H3/t11-,12+,13-,14+,15+,16+/m1/s1. The Bertz CT molecular complexity index is 469. The Balaban J connectivity index is 2.27. The van der Waals surface area contributed by atoms with Gasteiger partial charge in [0.2, 0.25) is 11.6 Å². The highest BCUT2D eigenvalue weighted by molar-refractivity contribution is 5.66. The average Bonchev–Trinajstić information content (AvgIpc) is 2.55. The Morgan fingerprint density at radius 2 is 1.88 bits per heavy atom. The van der Waals surface area contributed by atoms with E-state index in [1.54, 1.807) is 19.9 Å². The van der Waals surface area contributed by atoms with Crippen LogP contribution in [0.25, 0.3) is 0 Å². The molecule has 0 aliphatic carbocycles. The van der Waals surface area contributed by atoms with E-state index in [9.17, 15) is 4.79 Å². The van der Waals surface area contributed by atoms with Gasteiger partial charge in [0.05, 0.1) is 13.2 Å². The highest BCUT2D eigenvalue weighted by atomic mass is 16.8. The minimum absolute atomic E-state index is 0.197. The van der Waals surface area contributed by atoms with E-state index in [2.05, 4.69) is 6.58 Å². The lowest BCUT2D eigenvalue weighted by Crippen LogP contribution is -2.71. The molecule has 0 N–H and O–H groups in total. The first-order valence-electron chi connectivity index (χ1n) is 7.77. The van der Waals surface area contributed by atoms with Crippen molar-refractivity contribution in [1.29, 1.82) is 0 Å². The highest BCUT2D eigenvalue weighted by Crippen LogP contribution is 2.42. The monoisotopic (exact) mass is 346 g/mol. The molecule has 0 aromatic heterocycles. The van der Waals surface area contributed by atoms with E-state index in [0.717, 1.165) is 0 Å². The molecule has 2 aliphatic rings. The third-order valence-corrected chi connectivity index (χ3v) is 4.40. The van der Waals surface area contributed by atoms with Gasteiger partial charge in [0, 0.05) is 21.1 Å². The van der Waals surface area contributed by atoms with Crippen LogP contribution in [-0.4, -0.2) is 69.6 Å². The quantitative estimate of drug-likeness (QED) is 0.520. The Kier molecular flexibility index (Phi) is 6.00. The van der Waals surface area contributed by atoms with Crippen molar-refractivity contribution in [2.45, 2.75) is 56.9 Å². The molecule has 0 aromatic rings. The summed E-state index contributed by atoms with van der Waals surface area (Å²) in [7, 11) is 3.00. The summed E-state index contributed by atoms with van der Waals surface area (Å²) in [5.74, 6) is -2.83. The van der Waals surface area contributed by atoms with Crippen molar-refractivity contribution in [3.8, 4) is 0 Å². The normalized spacial score (nSPS) is 42.2. The fourth-order valence-corrected chi connectivity index (χ4v) is 2.84. The summed E-state index contributed by atoms with van der Waals surface area (Å²) in [5, 5.41) is 0. The van der Waals surface area contributed by atoms with Crippen LogP contribution in [0.15, 0.2) is 12.7 Å². The molecule has 0 unspecified atom stereocenters. The third kappa shape index (κ3) is 3.49. The molecule has 24 heavy (non-hydrogen) atoms. The largest absolute Gasteiger partial charge is 0.454 e. The van der Waals surface area contributed by atoms with Crippen molar-refractivity contribution in [3.63, 3.8) is 0 Å². The fourth-order valence-electron chi connectivity index (χ4n) is 2.84. The predicted molar refractivity (Wildman–Crippen MR) is 82.0 cm³/mol. The molecular formula is C16H26O8. The zero-order valence-corrected chi connectivity index (χ0v) is 14.8. The van der Waals surface area contributed by atoms with Crippen LogP contribution < -0.4 is 0 Å². The number of fused-ring (bicyclic) bond motifs is 1. The van der Waals surface area contributed by atoms with E-state index in [1.807, 2.05) is 0 Å². The Hall–Kier alpha value is -1.03. The van der Waals surface area contributed by atoms with Gasteiger partial charge in [0.25, 0.3) is 0 Å². The highest BCUT2D eigenvalue weighted by Gasteiger charge is 2.61. The second-order valence-corrected chi connectivity index (χ2v) is 5.94. The van der Waals surface area contributed by atoms with Gasteiger partial charge in [-0.2, -0.15) is 0 Å². The van der Waals surface area contributed by atoms with Crippen molar-refractivity contribution in [2.75, 3.05) is 27.4 Å². The number of carbonyl (C=O) groups is 1. The molecule has 0 bridgehead atoms. The van der Waals surface area contributed by atoms with Gasteiger partial charge >= 0.3 is 5.97 Å². The molecule has 0 aromatic carbocycles. The summed E-state index contributed by atoms with van der Waals surface area (Å²) in [4.78, 5) is 11.5. The molecule has 2 aliphatic heterocycles. The molecule has 2 fully saturated rings. The van der Waals surface area contributed by atoms with E-state index >= 15 is 0 Å². The van der Waals surface area contributed by atoms with Gasteiger partial charge in [-0.1, -0.05) is 6.08 Å². The number of ether oxygens (including phenoxy) is 7. The van der Waals surface area contributed by atoms with E-state index in [1.165, 1.54) is 21.1 Å². The lowest BCUT2D eigenvalue weighted by Gasteiger charge is -2.55. The van der Waals surface area contributed by atoms with Crippen LogP contribution in [0.4, 0.5) is 0 Å². The van der Waals surface area contributed by atoms with E-state index in [-0.39, 0.29) is 13.2 Å². The molecule has 2 saturated heterocycles. The zero-order chi connectivity index (χ0) is 18.0. The number of hydrogen-bond acceptors (Lipinski definition) is 8. The summed E-state index contributed by atoms with van der Waals surface area (Å²) in [6.07, 6.45) is -1.15. The SMILES string of the molecule is C=CCO[C@H]1OC[C@H]2O[C@](C)(OC)[C@@](C)(OC)O[C@@H]2[C@H]1OC(C)=O. The number of rotatable bonds is 6. The minimum atomic E-state index is -1.21. The summed E-state index contributed by atoms with van der Waals surface area (Å²) >= 11 is 0. The molecule has 0 amide bonds. The third-order valence-electron chi connectivity index (χ3n) is 4.40. The van der Waals surface area contributed by atoms with Crippen LogP contribution in [0.1, 0.15) is 20.8 Å². The van der Waals surface area contributed by atoms with Crippen molar-refractivity contribution < 1.29 is 38.0 Å². The van der Waals surface area contributed by atoms with Gasteiger partial charge in [0.15, 0.2) is 12.4 Å². The van der Waals surface area contributed by atoms with Crippen LogP contribution in [0.5, 0.6) is 0 Å². The lowest BCUT2D eigenvalue weighted by molar-refractivity contribution is -0.471.